The van der Waals surface area contributed by atoms with E-state index in [1.54, 1.807) is 0 Å². The summed E-state index contributed by atoms with van der Waals surface area (Å²) < 4.78 is 42.9. The van der Waals surface area contributed by atoms with E-state index >= 15 is 0 Å². The third-order valence-electron chi connectivity index (χ3n) is 2.25. The largest absolute Gasteiger partial charge is 0.508 e. The first-order chi connectivity index (χ1) is 9.27. The van der Waals surface area contributed by atoms with Crippen LogP contribution in [0, 0.1) is 0 Å². The van der Waals surface area contributed by atoms with Crippen molar-refractivity contribution in [1.82, 2.24) is 4.98 Å². The van der Waals surface area contributed by atoms with Gasteiger partial charge in [0.25, 0.3) is 0 Å². The highest BCUT2D eigenvalue weighted by Gasteiger charge is 2.35. The van der Waals surface area contributed by atoms with Gasteiger partial charge >= 0.3 is 6.18 Å². The van der Waals surface area contributed by atoms with Crippen molar-refractivity contribution in [3.05, 3.63) is 46.1 Å². The van der Waals surface area contributed by atoms with Gasteiger partial charge in [0.2, 0.25) is 5.88 Å². The Morgan fingerprint density at radius 3 is 2.25 bits per heavy atom. The minimum atomic E-state index is -4.65. The average Bonchev–Trinajstić information content (AvgIpc) is 2.35. The molecular formula is C12H6Cl2F3NO2. The van der Waals surface area contributed by atoms with Gasteiger partial charge in [-0.1, -0.05) is 23.2 Å². The van der Waals surface area contributed by atoms with Crippen LogP contribution in [0.5, 0.6) is 17.4 Å². The third kappa shape index (κ3) is 3.26. The molecule has 1 aromatic carbocycles. The van der Waals surface area contributed by atoms with E-state index in [9.17, 15) is 13.2 Å². The first-order valence-corrected chi connectivity index (χ1v) is 5.93. The monoisotopic (exact) mass is 323 g/mol. The standard InChI is InChI=1S/C12H6Cl2F3NO2/c13-9-5-8(12(15,16)17)10(14)18-11(9)20-7-3-1-6(19)2-4-7/h1-5,19H. The number of alkyl halides is 3. The summed E-state index contributed by atoms with van der Waals surface area (Å²) in [6.45, 7) is 0. The molecule has 0 spiro atoms. The van der Waals surface area contributed by atoms with Gasteiger partial charge in [-0.25, -0.2) is 0 Å². The Morgan fingerprint density at radius 2 is 1.70 bits per heavy atom. The Kier molecular flexibility index (Phi) is 3.96. The predicted octanol–water partition coefficient (Wildman–Crippen LogP) is 4.91. The second kappa shape index (κ2) is 5.38. The summed E-state index contributed by atoms with van der Waals surface area (Å²) in [6, 6.07) is 6.13. The fourth-order valence-electron chi connectivity index (χ4n) is 1.35. The smallest absolute Gasteiger partial charge is 0.419 e. The van der Waals surface area contributed by atoms with Crippen LogP contribution in [0.25, 0.3) is 0 Å². The van der Waals surface area contributed by atoms with E-state index in [4.69, 9.17) is 33.0 Å². The lowest BCUT2D eigenvalue weighted by molar-refractivity contribution is -0.137. The van der Waals surface area contributed by atoms with E-state index < -0.39 is 16.9 Å². The zero-order valence-electron chi connectivity index (χ0n) is 9.58. The molecule has 0 bridgehead atoms. The average molecular weight is 324 g/mol. The van der Waals surface area contributed by atoms with Crippen LogP contribution < -0.4 is 4.74 Å². The first-order valence-electron chi connectivity index (χ1n) is 5.17. The van der Waals surface area contributed by atoms with Gasteiger partial charge in [-0.05, 0) is 30.3 Å². The molecule has 0 fully saturated rings. The summed E-state index contributed by atoms with van der Waals surface area (Å²) >= 11 is 11.2. The summed E-state index contributed by atoms with van der Waals surface area (Å²) in [7, 11) is 0. The summed E-state index contributed by atoms with van der Waals surface area (Å²) in [6.07, 6.45) is -4.65. The molecule has 0 aliphatic heterocycles. The van der Waals surface area contributed by atoms with Gasteiger partial charge in [-0.3, -0.25) is 0 Å². The van der Waals surface area contributed by atoms with Crippen molar-refractivity contribution in [2.75, 3.05) is 0 Å². The first kappa shape index (κ1) is 14.7. The predicted molar refractivity (Wildman–Crippen MR) is 67.4 cm³/mol. The molecule has 0 atom stereocenters. The summed E-state index contributed by atoms with van der Waals surface area (Å²) in [5, 5.41) is 8.03. The molecule has 20 heavy (non-hydrogen) atoms. The number of hydrogen-bond donors (Lipinski definition) is 1. The Hall–Kier alpha value is -1.66. The molecule has 8 heteroatoms. The highest BCUT2D eigenvalue weighted by molar-refractivity contribution is 6.33. The molecular weight excluding hydrogens is 318 g/mol. The van der Waals surface area contributed by atoms with E-state index in [-0.39, 0.29) is 22.4 Å². The summed E-state index contributed by atoms with van der Waals surface area (Å²) in [5.74, 6) is 0.00485. The van der Waals surface area contributed by atoms with Gasteiger partial charge in [0.1, 0.15) is 21.7 Å². The number of phenols is 1. The number of aromatic nitrogens is 1. The van der Waals surface area contributed by atoms with Crippen molar-refractivity contribution in [1.29, 1.82) is 0 Å². The number of phenolic OH excluding ortho intramolecular Hbond substituents is 1. The van der Waals surface area contributed by atoms with Gasteiger partial charge < -0.3 is 9.84 Å². The number of rotatable bonds is 2. The molecule has 0 aliphatic rings. The number of nitrogens with zero attached hydrogens (tertiary/aromatic N) is 1. The number of benzene rings is 1. The Bertz CT molecular complexity index is 630. The molecule has 0 radical (unpaired) electrons. The van der Waals surface area contributed by atoms with Crippen LogP contribution in [0.3, 0.4) is 0 Å². The molecule has 0 aliphatic carbocycles. The molecule has 2 rings (SSSR count). The van der Waals surface area contributed by atoms with Crippen LogP contribution in [0.2, 0.25) is 10.2 Å². The minimum absolute atomic E-state index is 0.0156. The maximum Gasteiger partial charge on any atom is 0.419 e. The molecule has 0 unspecified atom stereocenters. The van der Waals surface area contributed by atoms with Gasteiger partial charge in [0.15, 0.2) is 0 Å². The lowest BCUT2D eigenvalue weighted by atomic mass is 10.3. The van der Waals surface area contributed by atoms with Crippen molar-refractivity contribution in [3.63, 3.8) is 0 Å². The van der Waals surface area contributed by atoms with E-state index in [1.165, 1.54) is 24.3 Å². The van der Waals surface area contributed by atoms with Gasteiger partial charge in [0.05, 0.1) is 5.56 Å². The van der Waals surface area contributed by atoms with Crippen LogP contribution >= 0.6 is 23.2 Å². The van der Waals surface area contributed by atoms with Crippen molar-refractivity contribution >= 4 is 23.2 Å². The van der Waals surface area contributed by atoms with Crippen LogP contribution in [0.15, 0.2) is 30.3 Å². The normalized spacial score (nSPS) is 11.4. The van der Waals surface area contributed by atoms with E-state index in [0.29, 0.717) is 6.07 Å². The maximum absolute atomic E-state index is 12.6. The number of ether oxygens (including phenoxy) is 1. The van der Waals surface area contributed by atoms with Crippen LogP contribution in [-0.4, -0.2) is 10.1 Å². The zero-order valence-corrected chi connectivity index (χ0v) is 11.1. The van der Waals surface area contributed by atoms with E-state index in [2.05, 4.69) is 4.98 Å². The molecule has 1 N–H and O–H groups in total. The Balaban J connectivity index is 2.34. The highest BCUT2D eigenvalue weighted by atomic mass is 35.5. The quantitative estimate of drug-likeness (QED) is 0.799. The number of aromatic hydroxyl groups is 1. The van der Waals surface area contributed by atoms with Crippen LogP contribution in [-0.2, 0) is 6.18 Å². The van der Waals surface area contributed by atoms with Crippen LogP contribution in [0.1, 0.15) is 5.56 Å². The second-order valence-electron chi connectivity index (χ2n) is 3.71. The third-order valence-corrected chi connectivity index (χ3v) is 2.81. The molecule has 3 nitrogen and oxygen atoms in total. The molecule has 0 saturated carbocycles. The molecule has 106 valence electrons. The van der Waals surface area contributed by atoms with Crippen molar-refractivity contribution in [2.45, 2.75) is 6.18 Å². The number of halogens is 5. The molecule has 1 aromatic heterocycles. The number of pyridine rings is 1. The van der Waals surface area contributed by atoms with Crippen molar-refractivity contribution < 1.29 is 23.0 Å². The topological polar surface area (TPSA) is 42.4 Å². The fraction of sp³-hybridized carbons (Fsp3) is 0.0833. The molecule has 0 amide bonds. The maximum atomic E-state index is 12.6. The van der Waals surface area contributed by atoms with Crippen LogP contribution in [0.4, 0.5) is 13.2 Å². The van der Waals surface area contributed by atoms with Gasteiger partial charge in [0, 0.05) is 0 Å². The lowest BCUT2D eigenvalue weighted by Gasteiger charge is -2.12. The highest BCUT2D eigenvalue weighted by Crippen LogP contribution is 2.39. The van der Waals surface area contributed by atoms with E-state index in [0.717, 1.165) is 0 Å². The molecule has 0 saturated heterocycles. The van der Waals surface area contributed by atoms with Gasteiger partial charge in [-0.15, -0.1) is 0 Å². The molecule has 1 heterocycles. The zero-order chi connectivity index (χ0) is 14.9. The Labute approximate surface area is 121 Å². The summed E-state index contributed by atoms with van der Waals surface area (Å²) in [5.41, 5.74) is -1.14. The minimum Gasteiger partial charge on any atom is -0.508 e. The van der Waals surface area contributed by atoms with E-state index in [1.807, 2.05) is 0 Å². The molecule has 2 aromatic rings. The lowest BCUT2D eigenvalue weighted by Crippen LogP contribution is -2.07. The summed E-state index contributed by atoms with van der Waals surface area (Å²) in [4.78, 5) is 3.49. The van der Waals surface area contributed by atoms with Crippen molar-refractivity contribution in [2.24, 2.45) is 0 Å². The second-order valence-corrected chi connectivity index (χ2v) is 4.47. The number of hydrogen-bond acceptors (Lipinski definition) is 3. The van der Waals surface area contributed by atoms with Gasteiger partial charge in [-0.2, -0.15) is 18.2 Å². The SMILES string of the molecule is Oc1ccc(Oc2nc(Cl)c(C(F)(F)F)cc2Cl)cc1. The van der Waals surface area contributed by atoms with Crippen molar-refractivity contribution in [3.8, 4) is 17.4 Å². The fourth-order valence-corrected chi connectivity index (χ4v) is 1.78. The Morgan fingerprint density at radius 1 is 1.10 bits per heavy atom.